The summed E-state index contributed by atoms with van der Waals surface area (Å²) in [5.41, 5.74) is 0. The van der Waals surface area contributed by atoms with Gasteiger partial charge in [0.15, 0.2) is 5.37 Å². The van der Waals surface area contributed by atoms with E-state index < -0.39 is 15.2 Å². The van der Waals surface area contributed by atoms with Crippen molar-refractivity contribution in [1.82, 2.24) is 0 Å². The van der Waals surface area contributed by atoms with E-state index in [0.29, 0.717) is 17.9 Å². The van der Waals surface area contributed by atoms with Crippen molar-refractivity contribution in [2.24, 2.45) is 10.2 Å². The molecule has 1 heterocycles. The van der Waals surface area contributed by atoms with Gasteiger partial charge in [0.25, 0.3) is 0 Å². The first-order valence-corrected chi connectivity index (χ1v) is 6.41. The average molecular weight is 224 g/mol. The van der Waals surface area contributed by atoms with E-state index in [2.05, 4.69) is 10.2 Å². The van der Waals surface area contributed by atoms with E-state index >= 15 is 0 Å². The van der Waals surface area contributed by atoms with Gasteiger partial charge < -0.3 is 0 Å². The van der Waals surface area contributed by atoms with Crippen LogP contribution >= 0.6 is 0 Å². The summed E-state index contributed by atoms with van der Waals surface area (Å²) in [6.45, 7) is 0.640. The van der Waals surface area contributed by atoms with Gasteiger partial charge in [0, 0.05) is 0 Å². The van der Waals surface area contributed by atoms with Crippen molar-refractivity contribution in [3.05, 3.63) is 30.3 Å². The van der Waals surface area contributed by atoms with Crippen LogP contribution in [-0.4, -0.2) is 20.3 Å². The Hall–Kier alpha value is -1.23. The Morgan fingerprint density at radius 2 is 1.93 bits per heavy atom. The third-order valence-electron chi connectivity index (χ3n) is 2.35. The smallest absolute Gasteiger partial charge is 0.203 e. The minimum Gasteiger partial charge on any atom is -0.221 e. The van der Waals surface area contributed by atoms with Gasteiger partial charge in [0.1, 0.15) is 0 Å². The molecule has 0 aromatic heterocycles. The maximum atomic E-state index is 12.0. The molecule has 4 nitrogen and oxygen atoms in total. The van der Waals surface area contributed by atoms with Crippen LogP contribution in [0.15, 0.2) is 45.5 Å². The van der Waals surface area contributed by atoms with Crippen LogP contribution in [0.25, 0.3) is 0 Å². The summed E-state index contributed by atoms with van der Waals surface area (Å²) in [6, 6.07) is 8.42. The fourth-order valence-electron chi connectivity index (χ4n) is 1.53. The number of sulfone groups is 1. The molecule has 2 rings (SSSR count). The maximum absolute atomic E-state index is 12.0. The molecule has 1 aliphatic rings. The third-order valence-corrected chi connectivity index (χ3v) is 4.33. The molecule has 0 amide bonds. The lowest BCUT2D eigenvalue weighted by Crippen LogP contribution is -2.21. The Bertz CT molecular complexity index is 454. The molecule has 80 valence electrons. The van der Waals surface area contributed by atoms with E-state index in [0.717, 1.165) is 6.42 Å². The van der Waals surface area contributed by atoms with Crippen molar-refractivity contribution in [3.8, 4) is 0 Å². The zero-order chi connectivity index (χ0) is 10.7. The molecule has 5 heteroatoms. The molecular weight excluding hydrogens is 212 g/mol. The second-order valence-electron chi connectivity index (χ2n) is 3.44. The van der Waals surface area contributed by atoms with Crippen LogP contribution in [0, 0.1) is 0 Å². The van der Waals surface area contributed by atoms with Gasteiger partial charge in [-0.1, -0.05) is 18.2 Å². The molecule has 1 aliphatic heterocycles. The second-order valence-corrected chi connectivity index (χ2v) is 5.54. The number of hydrogen-bond acceptors (Lipinski definition) is 4. The third kappa shape index (κ3) is 2.07. The van der Waals surface area contributed by atoms with E-state index in [4.69, 9.17) is 0 Å². The summed E-state index contributed by atoms with van der Waals surface area (Å²) < 4.78 is 24.1. The molecule has 0 radical (unpaired) electrons. The average Bonchev–Trinajstić information content (AvgIpc) is 2.31. The number of rotatable bonds is 2. The highest BCUT2D eigenvalue weighted by molar-refractivity contribution is 7.92. The highest BCUT2D eigenvalue weighted by atomic mass is 32.2. The molecule has 1 aromatic rings. The quantitative estimate of drug-likeness (QED) is 0.771. The summed E-state index contributed by atoms with van der Waals surface area (Å²) in [5.74, 6) is 0. The van der Waals surface area contributed by atoms with Gasteiger partial charge in [-0.15, -0.1) is 0 Å². The Morgan fingerprint density at radius 3 is 2.53 bits per heavy atom. The fourth-order valence-corrected chi connectivity index (χ4v) is 3.05. The summed E-state index contributed by atoms with van der Waals surface area (Å²) in [7, 11) is -3.32. The lowest BCUT2D eigenvalue weighted by molar-refractivity contribution is 0.543. The van der Waals surface area contributed by atoms with E-state index in [9.17, 15) is 8.42 Å². The predicted octanol–water partition coefficient (Wildman–Crippen LogP) is 2.03. The summed E-state index contributed by atoms with van der Waals surface area (Å²) in [5, 5.41) is 6.92. The largest absolute Gasteiger partial charge is 0.221 e. The molecule has 0 aliphatic carbocycles. The normalized spacial score (nSPS) is 21.5. The van der Waals surface area contributed by atoms with Gasteiger partial charge in [-0.05, 0) is 25.0 Å². The number of benzene rings is 1. The van der Waals surface area contributed by atoms with Crippen LogP contribution in [0.2, 0.25) is 0 Å². The molecule has 0 spiro atoms. The van der Waals surface area contributed by atoms with Gasteiger partial charge in [-0.2, -0.15) is 10.2 Å². The number of nitrogens with zero attached hydrogens (tertiary/aromatic N) is 2. The van der Waals surface area contributed by atoms with Crippen LogP contribution in [0.5, 0.6) is 0 Å². The molecule has 1 unspecified atom stereocenters. The van der Waals surface area contributed by atoms with Crippen molar-refractivity contribution in [2.45, 2.75) is 23.1 Å². The van der Waals surface area contributed by atoms with Crippen molar-refractivity contribution >= 4 is 9.84 Å². The zero-order valence-corrected chi connectivity index (χ0v) is 9.02. The van der Waals surface area contributed by atoms with E-state index in [-0.39, 0.29) is 0 Å². The minimum absolute atomic E-state index is 0.329. The molecular formula is C10H12N2O2S. The molecule has 1 aromatic carbocycles. The van der Waals surface area contributed by atoms with Gasteiger partial charge >= 0.3 is 0 Å². The highest BCUT2D eigenvalue weighted by Gasteiger charge is 2.28. The van der Waals surface area contributed by atoms with Crippen molar-refractivity contribution in [3.63, 3.8) is 0 Å². The summed E-state index contributed by atoms with van der Waals surface area (Å²) >= 11 is 0. The van der Waals surface area contributed by atoms with Crippen LogP contribution < -0.4 is 0 Å². The highest BCUT2D eigenvalue weighted by Crippen LogP contribution is 2.22. The van der Waals surface area contributed by atoms with E-state index in [1.54, 1.807) is 30.3 Å². The first-order valence-electron chi connectivity index (χ1n) is 4.87. The first kappa shape index (κ1) is 10.3. The van der Waals surface area contributed by atoms with Crippen LogP contribution in [-0.2, 0) is 9.84 Å². The molecule has 0 saturated carbocycles. The summed E-state index contributed by atoms with van der Waals surface area (Å²) in [4.78, 5) is 0.329. The lowest BCUT2D eigenvalue weighted by atomic mass is 10.3. The number of azo groups is 1. The topological polar surface area (TPSA) is 58.9 Å². The monoisotopic (exact) mass is 224 g/mol. The molecule has 1 atom stereocenters. The Balaban J connectivity index is 2.35. The van der Waals surface area contributed by atoms with Crippen molar-refractivity contribution in [2.75, 3.05) is 6.54 Å². The molecule has 0 bridgehead atoms. The summed E-state index contributed by atoms with van der Waals surface area (Å²) in [6.07, 6.45) is 1.36. The molecule has 15 heavy (non-hydrogen) atoms. The predicted molar refractivity (Wildman–Crippen MR) is 56.4 cm³/mol. The SMILES string of the molecule is O=S(=O)(c1ccccc1)C1CCCN=N1. The fraction of sp³-hybridized carbons (Fsp3) is 0.400. The minimum atomic E-state index is -3.32. The second kappa shape index (κ2) is 4.10. The van der Waals surface area contributed by atoms with E-state index in [1.807, 2.05) is 0 Å². The van der Waals surface area contributed by atoms with Crippen LogP contribution in [0.3, 0.4) is 0 Å². The molecule has 0 fully saturated rings. The van der Waals surface area contributed by atoms with Gasteiger partial charge in [-0.25, -0.2) is 8.42 Å². The maximum Gasteiger partial charge on any atom is 0.203 e. The van der Waals surface area contributed by atoms with Crippen LogP contribution in [0.4, 0.5) is 0 Å². The van der Waals surface area contributed by atoms with E-state index in [1.165, 1.54) is 0 Å². The van der Waals surface area contributed by atoms with Crippen molar-refractivity contribution in [1.29, 1.82) is 0 Å². The van der Waals surface area contributed by atoms with Gasteiger partial charge in [0.2, 0.25) is 9.84 Å². The molecule has 0 N–H and O–H groups in total. The number of hydrogen-bond donors (Lipinski definition) is 0. The lowest BCUT2D eigenvalue weighted by Gasteiger charge is -2.14. The zero-order valence-electron chi connectivity index (χ0n) is 8.20. The first-order chi connectivity index (χ1) is 7.21. The Kier molecular flexibility index (Phi) is 2.81. The van der Waals surface area contributed by atoms with Gasteiger partial charge in [0.05, 0.1) is 11.4 Å². The van der Waals surface area contributed by atoms with Gasteiger partial charge in [-0.3, -0.25) is 0 Å². The van der Waals surface area contributed by atoms with Crippen LogP contribution in [0.1, 0.15) is 12.8 Å². The Morgan fingerprint density at radius 1 is 1.20 bits per heavy atom. The molecule has 0 saturated heterocycles. The standard InChI is InChI=1S/C10H12N2O2S/c13-15(14,9-5-2-1-3-6-9)10-7-4-8-11-12-10/h1-3,5-6,10H,4,7-8H2. The Labute approximate surface area is 89.0 Å². The van der Waals surface area contributed by atoms with Crippen molar-refractivity contribution < 1.29 is 8.42 Å².